The predicted molar refractivity (Wildman–Crippen MR) is 76.5 cm³/mol. The summed E-state index contributed by atoms with van der Waals surface area (Å²) in [6.07, 6.45) is 13.1. The van der Waals surface area contributed by atoms with Crippen molar-refractivity contribution in [3.63, 3.8) is 0 Å². The van der Waals surface area contributed by atoms with Crippen LogP contribution in [-0.2, 0) is 0 Å². The second-order valence-corrected chi connectivity index (χ2v) is 7.62. The van der Waals surface area contributed by atoms with Crippen molar-refractivity contribution < 1.29 is 0 Å². The van der Waals surface area contributed by atoms with Crippen molar-refractivity contribution in [1.82, 2.24) is 4.90 Å². The molecule has 0 bridgehead atoms. The standard InChI is InChI=1S/C16H30N2/c1-15(17,14-5-6-14)13-18-11-9-16(10-12-18)7-3-2-4-8-16/h14H,2-13,17H2,1H3. The quantitative estimate of drug-likeness (QED) is 0.833. The largest absolute Gasteiger partial charge is 0.324 e. The Bertz CT molecular complexity index is 277. The minimum Gasteiger partial charge on any atom is -0.324 e. The van der Waals surface area contributed by atoms with Crippen molar-refractivity contribution in [3.05, 3.63) is 0 Å². The second-order valence-electron chi connectivity index (χ2n) is 7.62. The van der Waals surface area contributed by atoms with Crippen LogP contribution in [0.1, 0.15) is 64.7 Å². The first-order chi connectivity index (χ1) is 8.60. The van der Waals surface area contributed by atoms with Crippen molar-refractivity contribution in [1.29, 1.82) is 0 Å². The highest BCUT2D eigenvalue weighted by Gasteiger charge is 2.41. The Morgan fingerprint density at radius 3 is 2.22 bits per heavy atom. The molecule has 0 aromatic rings. The molecule has 1 atom stereocenters. The van der Waals surface area contributed by atoms with Gasteiger partial charge in [-0.2, -0.15) is 0 Å². The Morgan fingerprint density at radius 1 is 1.06 bits per heavy atom. The van der Waals surface area contributed by atoms with Crippen molar-refractivity contribution in [2.75, 3.05) is 19.6 Å². The van der Waals surface area contributed by atoms with E-state index in [0.29, 0.717) is 0 Å². The van der Waals surface area contributed by atoms with Gasteiger partial charge in [-0.25, -0.2) is 0 Å². The number of hydrogen-bond donors (Lipinski definition) is 1. The molecule has 104 valence electrons. The summed E-state index contributed by atoms with van der Waals surface area (Å²) < 4.78 is 0. The number of rotatable bonds is 3. The summed E-state index contributed by atoms with van der Waals surface area (Å²) in [5, 5.41) is 0. The van der Waals surface area contributed by atoms with E-state index in [-0.39, 0.29) is 5.54 Å². The number of piperidine rings is 1. The van der Waals surface area contributed by atoms with Gasteiger partial charge < -0.3 is 10.6 Å². The van der Waals surface area contributed by atoms with Crippen molar-refractivity contribution in [3.8, 4) is 0 Å². The molecule has 3 aliphatic rings. The average Bonchev–Trinajstić information content (AvgIpc) is 3.18. The van der Waals surface area contributed by atoms with Crippen LogP contribution in [0.15, 0.2) is 0 Å². The SMILES string of the molecule is CC(N)(CN1CCC2(CCCCC2)CC1)C1CC1. The molecule has 1 saturated heterocycles. The highest BCUT2D eigenvalue weighted by Crippen LogP contribution is 2.45. The van der Waals surface area contributed by atoms with Gasteiger partial charge in [0.15, 0.2) is 0 Å². The van der Waals surface area contributed by atoms with Gasteiger partial charge in [0.25, 0.3) is 0 Å². The van der Waals surface area contributed by atoms with Crippen LogP contribution in [-0.4, -0.2) is 30.1 Å². The van der Waals surface area contributed by atoms with E-state index in [9.17, 15) is 0 Å². The summed E-state index contributed by atoms with van der Waals surface area (Å²) in [6.45, 7) is 6.02. The smallest absolute Gasteiger partial charge is 0.0283 e. The van der Waals surface area contributed by atoms with Gasteiger partial charge in [0.1, 0.15) is 0 Å². The molecule has 0 aromatic heterocycles. The van der Waals surface area contributed by atoms with Crippen LogP contribution in [0, 0.1) is 11.3 Å². The highest BCUT2D eigenvalue weighted by molar-refractivity contribution is 4.98. The molecule has 1 aliphatic heterocycles. The third-order valence-electron chi connectivity index (χ3n) is 5.91. The summed E-state index contributed by atoms with van der Waals surface area (Å²) in [5.74, 6) is 0.808. The zero-order valence-corrected chi connectivity index (χ0v) is 12.1. The Labute approximate surface area is 112 Å². The number of likely N-dealkylation sites (tertiary alicyclic amines) is 1. The van der Waals surface area contributed by atoms with Crippen LogP contribution < -0.4 is 5.73 Å². The molecular weight excluding hydrogens is 220 g/mol. The van der Waals surface area contributed by atoms with Crippen LogP contribution in [0.5, 0.6) is 0 Å². The molecule has 1 unspecified atom stereocenters. The van der Waals surface area contributed by atoms with Gasteiger partial charge in [-0.15, -0.1) is 0 Å². The maximum Gasteiger partial charge on any atom is 0.0283 e. The fourth-order valence-corrected chi connectivity index (χ4v) is 4.34. The zero-order chi connectivity index (χ0) is 12.6. The second kappa shape index (κ2) is 4.79. The maximum atomic E-state index is 6.48. The van der Waals surface area contributed by atoms with Crippen molar-refractivity contribution in [2.45, 2.75) is 70.3 Å². The lowest BCUT2D eigenvalue weighted by Gasteiger charge is -2.46. The van der Waals surface area contributed by atoms with Crippen molar-refractivity contribution in [2.24, 2.45) is 17.1 Å². The topological polar surface area (TPSA) is 29.3 Å². The van der Waals surface area contributed by atoms with Crippen LogP contribution >= 0.6 is 0 Å². The summed E-state index contributed by atoms with van der Waals surface area (Å²) in [4.78, 5) is 2.65. The van der Waals surface area contributed by atoms with E-state index in [1.165, 1.54) is 70.9 Å². The third-order valence-corrected chi connectivity index (χ3v) is 5.91. The molecule has 0 radical (unpaired) electrons. The molecule has 18 heavy (non-hydrogen) atoms. The van der Waals surface area contributed by atoms with E-state index >= 15 is 0 Å². The lowest BCUT2D eigenvalue weighted by Crippen LogP contribution is -2.52. The van der Waals surface area contributed by atoms with E-state index < -0.39 is 0 Å². The maximum absolute atomic E-state index is 6.48. The van der Waals surface area contributed by atoms with Crippen LogP contribution in [0.3, 0.4) is 0 Å². The Balaban J connectivity index is 1.50. The van der Waals surface area contributed by atoms with Crippen LogP contribution in [0.25, 0.3) is 0 Å². The minimum absolute atomic E-state index is 0.0804. The van der Waals surface area contributed by atoms with Gasteiger partial charge in [-0.05, 0) is 69.9 Å². The van der Waals surface area contributed by atoms with Gasteiger partial charge >= 0.3 is 0 Å². The summed E-state index contributed by atoms with van der Waals surface area (Å²) >= 11 is 0. The lowest BCUT2D eigenvalue weighted by atomic mass is 9.68. The van der Waals surface area contributed by atoms with E-state index in [1.54, 1.807) is 0 Å². The molecule has 0 amide bonds. The van der Waals surface area contributed by atoms with Gasteiger partial charge in [-0.1, -0.05) is 19.3 Å². The van der Waals surface area contributed by atoms with E-state index in [2.05, 4.69) is 11.8 Å². The van der Waals surface area contributed by atoms with Gasteiger partial charge in [-0.3, -0.25) is 0 Å². The molecule has 1 spiro atoms. The summed E-state index contributed by atoms with van der Waals surface area (Å²) in [5.41, 5.74) is 7.30. The van der Waals surface area contributed by atoms with E-state index in [1.807, 2.05) is 0 Å². The van der Waals surface area contributed by atoms with Gasteiger partial charge in [0.2, 0.25) is 0 Å². The Morgan fingerprint density at radius 2 is 1.67 bits per heavy atom. The molecule has 2 aliphatic carbocycles. The van der Waals surface area contributed by atoms with E-state index in [4.69, 9.17) is 5.73 Å². The van der Waals surface area contributed by atoms with Crippen LogP contribution in [0.2, 0.25) is 0 Å². The molecule has 1 heterocycles. The average molecular weight is 250 g/mol. The molecule has 2 nitrogen and oxygen atoms in total. The fraction of sp³-hybridized carbons (Fsp3) is 1.00. The van der Waals surface area contributed by atoms with Gasteiger partial charge in [0.05, 0.1) is 0 Å². The predicted octanol–water partition coefficient (Wildman–Crippen LogP) is 3.16. The monoisotopic (exact) mass is 250 g/mol. The van der Waals surface area contributed by atoms with Crippen LogP contribution in [0.4, 0.5) is 0 Å². The first kappa shape index (κ1) is 12.9. The molecule has 3 rings (SSSR count). The zero-order valence-electron chi connectivity index (χ0n) is 12.1. The molecule has 0 aromatic carbocycles. The molecule has 2 N–H and O–H groups in total. The molecule has 2 saturated carbocycles. The molecular formula is C16H30N2. The molecule has 3 fully saturated rings. The Kier molecular flexibility index (Phi) is 3.44. The number of nitrogens with zero attached hydrogens (tertiary/aromatic N) is 1. The molecule has 2 heteroatoms. The highest BCUT2D eigenvalue weighted by atomic mass is 15.2. The van der Waals surface area contributed by atoms with Crippen molar-refractivity contribution >= 4 is 0 Å². The minimum atomic E-state index is 0.0804. The van der Waals surface area contributed by atoms with E-state index in [0.717, 1.165) is 17.9 Å². The summed E-state index contributed by atoms with van der Waals surface area (Å²) in [6, 6.07) is 0. The Hall–Kier alpha value is -0.0800. The first-order valence-corrected chi connectivity index (χ1v) is 8.11. The summed E-state index contributed by atoms with van der Waals surface area (Å²) in [7, 11) is 0. The van der Waals surface area contributed by atoms with Gasteiger partial charge in [0, 0.05) is 12.1 Å². The third kappa shape index (κ3) is 2.75. The normalized spacial score (nSPS) is 32.3. The number of nitrogens with two attached hydrogens (primary N) is 1. The first-order valence-electron chi connectivity index (χ1n) is 8.11. The lowest BCUT2D eigenvalue weighted by molar-refractivity contribution is 0.0552. The fourth-order valence-electron chi connectivity index (χ4n) is 4.34. The number of hydrogen-bond acceptors (Lipinski definition) is 2.